The zero-order valence-electron chi connectivity index (χ0n) is 15.4. The van der Waals surface area contributed by atoms with Gasteiger partial charge in [0.25, 0.3) is 0 Å². The van der Waals surface area contributed by atoms with Gasteiger partial charge < -0.3 is 9.92 Å². The van der Waals surface area contributed by atoms with Crippen molar-refractivity contribution >= 4 is 27.2 Å². The van der Waals surface area contributed by atoms with Crippen LogP contribution >= 0.6 is 0 Å². The fraction of sp³-hybridized carbons (Fsp3) is 0.250. The van der Waals surface area contributed by atoms with Crippen molar-refractivity contribution in [1.29, 1.82) is 0 Å². The number of carbonyl (C=O) groups is 1. The predicted molar refractivity (Wildman–Crippen MR) is 103 cm³/mol. The molecule has 0 saturated carbocycles. The van der Waals surface area contributed by atoms with E-state index in [4.69, 9.17) is 5.73 Å². The molecule has 5 nitrogen and oxygen atoms in total. The average molecular weight is 425 g/mol. The number of alkyl halides is 3. The predicted octanol–water partition coefficient (Wildman–Crippen LogP) is 4.49. The average Bonchev–Trinajstić information content (AvgIpc) is 2.65. The quantitative estimate of drug-likeness (QED) is 0.330. The van der Waals surface area contributed by atoms with Crippen LogP contribution in [0.3, 0.4) is 0 Å². The number of aryl methyl sites for hydroxylation is 1. The van der Waals surface area contributed by atoms with Crippen LogP contribution in [-0.2, 0) is 16.5 Å². The molecule has 154 valence electrons. The van der Waals surface area contributed by atoms with E-state index in [1.165, 1.54) is 12.1 Å². The Balaban J connectivity index is 1.95. The van der Waals surface area contributed by atoms with Gasteiger partial charge in [-0.25, -0.2) is 0 Å². The standard InChI is InChI=1S/C20H18F3NO4S/c1-2-12-3-4-13-5-8-15(24)11-17(13)18(12)19(25)14-6-9-16(10-7-14)28-29(26,27)20(21,22)23/h5-11H,2-4,24H2,1H3. The number of allylic oxidation sites excluding steroid dienone is 2. The lowest BCUT2D eigenvalue weighted by Crippen LogP contribution is -2.28. The molecule has 1 aliphatic carbocycles. The molecule has 0 atom stereocenters. The topological polar surface area (TPSA) is 86.5 Å². The highest BCUT2D eigenvalue weighted by Crippen LogP contribution is 2.36. The number of halogens is 3. The summed E-state index contributed by atoms with van der Waals surface area (Å²) in [6.07, 6.45) is 2.18. The lowest BCUT2D eigenvalue weighted by molar-refractivity contribution is -0.0500. The van der Waals surface area contributed by atoms with Crippen molar-refractivity contribution in [2.24, 2.45) is 0 Å². The first kappa shape index (κ1) is 20.9. The Morgan fingerprint density at radius 3 is 2.34 bits per heavy atom. The van der Waals surface area contributed by atoms with E-state index in [1.54, 1.807) is 12.1 Å². The van der Waals surface area contributed by atoms with E-state index in [-0.39, 0.29) is 11.3 Å². The number of carbonyl (C=O) groups excluding carboxylic acids is 1. The van der Waals surface area contributed by atoms with Crippen LogP contribution in [0.4, 0.5) is 18.9 Å². The van der Waals surface area contributed by atoms with E-state index < -0.39 is 21.4 Å². The van der Waals surface area contributed by atoms with Crippen molar-refractivity contribution in [1.82, 2.24) is 0 Å². The molecular weight excluding hydrogens is 407 g/mol. The highest BCUT2D eigenvalue weighted by Gasteiger charge is 2.48. The SMILES string of the molecule is CCC1=C(C(=O)c2ccc(OS(=O)(=O)C(F)(F)F)cc2)c2cc(N)ccc2CC1. The van der Waals surface area contributed by atoms with Crippen molar-refractivity contribution in [3.63, 3.8) is 0 Å². The maximum Gasteiger partial charge on any atom is 0.534 e. The monoisotopic (exact) mass is 425 g/mol. The second-order valence-electron chi connectivity index (χ2n) is 6.59. The highest BCUT2D eigenvalue weighted by atomic mass is 32.2. The summed E-state index contributed by atoms with van der Waals surface area (Å²) in [4.78, 5) is 13.2. The molecule has 2 aromatic carbocycles. The molecule has 0 aliphatic heterocycles. The lowest BCUT2D eigenvalue weighted by atomic mass is 9.81. The third-order valence-electron chi connectivity index (χ3n) is 4.71. The smallest absolute Gasteiger partial charge is 0.399 e. The first-order chi connectivity index (χ1) is 13.5. The highest BCUT2D eigenvalue weighted by molar-refractivity contribution is 7.88. The zero-order valence-corrected chi connectivity index (χ0v) is 16.2. The summed E-state index contributed by atoms with van der Waals surface area (Å²) in [5.41, 5.74) is 4.31. The van der Waals surface area contributed by atoms with Crippen LogP contribution in [0.15, 0.2) is 48.0 Å². The van der Waals surface area contributed by atoms with Crippen molar-refractivity contribution in [2.45, 2.75) is 31.7 Å². The first-order valence-electron chi connectivity index (χ1n) is 8.80. The molecule has 0 heterocycles. The minimum atomic E-state index is -5.77. The van der Waals surface area contributed by atoms with Crippen LogP contribution in [0.25, 0.3) is 5.57 Å². The van der Waals surface area contributed by atoms with Gasteiger partial charge in [0.15, 0.2) is 5.78 Å². The molecule has 3 rings (SSSR count). The molecule has 0 radical (unpaired) electrons. The number of benzene rings is 2. The molecule has 0 spiro atoms. The number of ketones is 1. The summed E-state index contributed by atoms with van der Waals surface area (Å²) in [6, 6.07) is 9.91. The van der Waals surface area contributed by atoms with Gasteiger partial charge in [-0.2, -0.15) is 21.6 Å². The molecule has 0 bridgehead atoms. The molecule has 2 aromatic rings. The Kier molecular flexibility index (Phi) is 5.44. The second-order valence-corrected chi connectivity index (χ2v) is 8.12. The van der Waals surface area contributed by atoms with Crippen LogP contribution in [0, 0.1) is 0 Å². The molecule has 29 heavy (non-hydrogen) atoms. The van der Waals surface area contributed by atoms with Crippen molar-refractivity contribution in [3.05, 3.63) is 64.7 Å². The molecule has 1 aliphatic rings. The number of nitrogens with two attached hydrogens (primary N) is 1. The molecule has 0 saturated heterocycles. The summed E-state index contributed by atoms with van der Waals surface area (Å²) in [7, 11) is -5.77. The second kappa shape index (κ2) is 7.55. The van der Waals surface area contributed by atoms with Gasteiger partial charge in [-0.15, -0.1) is 0 Å². The number of hydrogen-bond donors (Lipinski definition) is 1. The number of rotatable bonds is 5. The van der Waals surface area contributed by atoms with Crippen molar-refractivity contribution in [2.75, 3.05) is 5.73 Å². The molecular formula is C20H18F3NO4S. The summed E-state index contributed by atoms with van der Waals surface area (Å²) in [6.45, 7) is 1.94. The first-order valence-corrected chi connectivity index (χ1v) is 10.2. The molecule has 2 N–H and O–H groups in total. The summed E-state index contributed by atoms with van der Waals surface area (Å²) in [5.74, 6) is -0.838. The molecule has 0 amide bonds. The van der Waals surface area contributed by atoms with Gasteiger partial charge in [0.2, 0.25) is 0 Å². The number of fused-ring (bicyclic) bond motifs is 1. The molecule has 0 fully saturated rings. The molecule has 0 aromatic heterocycles. The Bertz CT molecular complexity index is 1090. The van der Waals surface area contributed by atoms with E-state index in [1.807, 2.05) is 13.0 Å². The van der Waals surface area contributed by atoms with Crippen molar-refractivity contribution in [3.8, 4) is 5.75 Å². The number of nitrogen functional groups attached to an aromatic ring is 1. The van der Waals surface area contributed by atoms with Gasteiger partial charge >= 0.3 is 15.6 Å². The lowest BCUT2D eigenvalue weighted by Gasteiger charge is -2.23. The zero-order chi connectivity index (χ0) is 21.4. The summed E-state index contributed by atoms with van der Waals surface area (Å²) in [5, 5.41) is 0. The van der Waals surface area contributed by atoms with E-state index >= 15 is 0 Å². The Hall–Kier alpha value is -2.81. The van der Waals surface area contributed by atoms with Crippen LogP contribution in [0.1, 0.15) is 41.3 Å². The van der Waals surface area contributed by atoms with E-state index in [9.17, 15) is 26.4 Å². The van der Waals surface area contributed by atoms with Crippen molar-refractivity contribution < 1.29 is 30.6 Å². The maximum absolute atomic E-state index is 13.2. The summed E-state index contributed by atoms with van der Waals surface area (Å²) >= 11 is 0. The fourth-order valence-electron chi connectivity index (χ4n) is 3.26. The fourth-order valence-corrected chi connectivity index (χ4v) is 3.72. The van der Waals surface area contributed by atoms with Gasteiger partial charge in [-0.1, -0.05) is 18.6 Å². The van der Waals surface area contributed by atoms with Crippen LogP contribution < -0.4 is 9.92 Å². The third kappa shape index (κ3) is 4.14. The molecule has 9 heteroatoms. The Labute approximate surface area is 166 Å². The van der Waals surface area contributed by atoms with Gasteiger partial charge in [0, 0.05) is 16.8 Å². The minimum Gasteiger partial charge on any atom is -0.399 e. The maximum atomic E-state index is 13.2. The van der Waals surface area contributed by atoms with Gasteiger partial charge in [0.1, 0.15) is 5.75 Å². The number of Topliss-reactive ketones (excluding diaryl/α,β-unsaturated/α-hetero) is 1. The largest absolute Gasteiger partial charge is 0.534 e. The van der Waals surface area contributed by atoms with E-state index in [0.29, 0.717) is 17.7 Å². The van der Waals surface area contributed by atoms with Crippen LogP contribution in [0.5, 0.6) is 5.75 Å². The minimum absolute atomic E-state index is 0.206. The Morgan fingerprint density at radius 2 is 1.76 bits per heavy atom. The van der Waals surface area contributed by atoms with Crippen LogP contribution in [-0.4, -0.2) is 19.7 Å². The van der Waals surface area contributed by atoms with Gasteiger partial charge in [-0.3, -0.25) is 4.79 Å². The van der Waals surface area contributed by atoms with Gasteiger partial charge in [0.05, 0.1) is 0 Å². The number of hydrogen-bond acceptors (Lipinski definition) is 5. The van der Waals surface area contributed by atoms with Crippen LogP contribution in [0.2, 0.25) is 0 Å². The van der Waals surface area contributed by atoms with E-state index in [0.717, 1.165) is 41.7 Å². The molecule has 0 unspecified atom stereocenters. The van der Waals surface area contributed by atoms with E-state index in [2.05, 4.69) is 4.18 Å². The third-order valence-corrected chi connectivity index (χ3v) is 5.69. The normalized spacial score (nSPS) is 14.5. The number of anilines is 1. The Morgan fingerprint density at radius 1 is 1.10 bits per heavy atom. The summed E-state index contributed by atoms with van der Waals surface area (Å²) < 4.78 is 63.6. The van der Waals surface area contributed by atoms with Gasteiger partial charge in [-0.05, 0) is 66.8 Å².